The summed E-state index contributed by atoms with van der Waals surface area (Å²) in [4.78, 5) is 3.89. The maximum absolute atomic E-state index is 9.08. The molecule has 0 saturated carbocycles. The van der Waals surface area contributed by atoms with Crippen LogP contribution < -0.4 is 5.73 Å². The first kappa shape index (κ1) is 11.9. The van der Waals surface area contributed by atoms with Gasteiger partial charge in [0.1, 0.15) is 29.7 Å². The summed E-state index contributed by atoms with van der Waals surface area (Å²) in [5.74, 6) is 1.41. The smallest absolute Gasteiger partial charge is 0.176 e. The van der Waals surface area contributed by atoms with Crippen LogP contribution in [0.2, 0.25) is 0 Å². The fraction of sp³-hybridized carbons (Fsp3) is 0.250. The summed E-state index contributed by atoms with van der Waals surface area (Å²) in [5, 5.41) is 17.9. The third kappa shape index (κ3) is 1.86. The number of rotatable bonds is 3. The molecule has 0 saturated heterocycles. The molecule has 0 aliphatic heterocycles. The molecule has 2 N–H and O–H groups in total. The lowest BCUT2D eigenvalue weighted by Crippen LogP contribution is -2.20. The number of nitrogens with zero attached hydrogens (tertiary/aromatic N) is 4. The van der Waals surface area contributed by atoms with Gasteiger partial charge in [0.05, 0.1) is 6.33 Å². The van der Waals surface area contributed by atoms with E-state index < -0.39 is 0 Å². The summed E-state index contributed by atoms with van der Waals surface area (Å²) < 4.78 is 7.08. The monoisotopic (exact) mass is 241 g/mol. The molecular weight excluding hydrogens is 230 g/mol. The van der Waals surface area contributed by atoms with Gasteiger partial charge in [0.25, 0.3) is 0 Å². The van der Waals surface area contributed by atoms with Crippen molar-refractivity contribution in [3.05, 3.63) is 41.4 Å². The minimum atomic E-state index is -0.331. The quantitative estimate of drug-likeness (QED) is 0.865. The topological polar surface area (TPSA) is 105 Å². The molecule has 0 aliphatic rings. The van der Waals surface area contributed by atoms with E-state index in [1.807, 2.05) is 25.1 Å². The van der Waals surface area contributed by atoms with E-state index in [9.17, 15) is 0 Å². The molecule has 0 aliphatic carbocycles. The van der Waals surface area contributed by atoms with Crippen LogP contribution in [0.1, 0.15) is 29.0 Å². The zero-order chi connectivity index (χ0) is 13.1. The van der Waals surface area contributed by atoms with Gasteiger partial charge in [-0.15, -0.1) is 0 Å². The summed E-state index contributed by atoms with van der Waals surface area (Å²) in [5.41, 5.74) is 6.01. The highest BCUT2D eigenvalue weighted by Crippen LogP contribution is 2.22. The van der Waals surface area contributed by atoms with Crippen LogP contribution in [0.25, 0.3) is 0 Å². The highest BCUT2D eigenvalue weighted by atomic mass is 16.3. The van der Waals surface area contributed by atoms with Crippen molar-refractivity contribution in [1.82, 2.24) is 9.55 Å². The molecule has 2 aromatic rings. The van der Waals surface area contributed by atoms with Crippen molar-refractivity contribution in [3.8, 4) is 12.1 Å². The van der Waals surface area contributed by atoms with E-state index in [-0.39, 0.29) is 24.0 Å². The normalized spacial score (nSPS) is 11.8. The number of aromatic nitrogens is 2. The van der Waals surface area contributed by atoms with E-state index in [0.717, 1.165) is 5.76 Å². The minimum absolute atomic E-state index is 0.0965. The van der Waals surface area contributed by atoms with E-state index in [1.54, 1.807) is 10.6 Å². The molecule has 2 heterocycles. The number of aryl methyl sites for hydroxylation is 1. The molecule has 6 nitrogen and oxygen atoms in total. The fourth-order valence-electron chi connectivity index (χ4n) is 1.79. The maximum Gasteiger partial charge on any atom is 0.176 e. The lowest BCUT2D eigenvalue weighted by atomic mass is 10.2. The number of furan rings is 1. The minimum Gasteiger partial charge on any atom is -0.464 e. The van der Waals surface area contributed by atoms with E-state index in [4.69, 9.17) is 20.7 Å². The Morgan fingerprint density at radius 1 is 1.44 bits per heavy atom. The molecule has 1 atom stereocenters. The Balaban J connectivity index is 2.50. The molecule has 90 valence electrons. The Bertz CT molecular complexity index is 640. The molecule has 2 aromatic heterocycles. The Labute approximate surface area is 104 Å². The van der Waals surface area contributed by atoms with Crippen LogP contribution in [0.15, 0.2) is 22.9 Å². The molecule has 0 amide bonds. The van der Waals surface area contributed by atoms with Crippen LogP contribution in [0, 0.1) is 29.6 Å². The van der Waals surface area contributed by atoms with Crippen LogP contribution in [-0.2, 0) is 0 Å². The van der Waals surface area contributed by atoms with Gasteiger partial charge >= 0.3 is 0 Å². The van der Waals surface area contributed by atoms with Crippen LogP contribution in [0.3, 0.4) is 0 Å². The number of hydrogen-bond acceptors (Lipinski definition) is 5. The van der Waals surface area contributed by atoms with Gasteiger partial charge in [0, 0.05) is 6.54 Å². The summed E-state index contributed by atoms with van der Waals surface area (Å²) in [6.07, 6.45) is 1.44. The first-order chi connectivity index (χ1) is 8.71. The van der Waals surface area contributed by atoms with Crippen LogP contribution >= 0.6 is 0 Å². The molecule has 2 rings (SSSR count). The summed E-state index contributed by atoms with van der Waals surface area (Å²) in [6.45, 7) is 2.08. The summed E-state index contributed by atoms with van der Waals surface area (Å²) in [7, 11) is 0. The average Bonchev–Trinajstić information content (AvgIpc) is 2.97. The number of nitrogens with two attached hydrogens (primary N) is 1. The van der Waals surface area contributed by atoms with Crippen molar-refractivity contribution in [2.75, 3.05) is 6.54 Å². The second kappa shape index (κ2) is 4.74. The van der Waals surface area contributed by atoms with E-state index >= 15 is 0 Å². The first-order valence-electron chi connectivity index (χ1n) is 5.34. The Morgan fingerprint density at radius 2 is 2.22 bits per heavy atom. The summed E-state index contributed by atoms with van der Waals surface area (Å²) in [6, 6.07) is 7.14. The lowest BCUT2D eigenvalue weighted by Gasteiger charge is -2.14. The number of hydrogen-bond donors (Lipinski definition) is 1. The second-order valence-electron chi connectivity index (χ2n) is 3.77. The van der Waals surface area contributed by atoms with Crippen molar-refractivity contribution in [3.63, 3.8) is 0 Å². The lowest BCUT2D eigenvalue weighted by molar-refractivity contribution is 0.416. The first-order valence-corrected chi connectivity index (χ1v) is 5.34. The zero-order valence-corrected chi connectivity index (χ0v) is 9.79. The molecule has 18 heavy (non-hydrogen) atoms. The standard InChI is InChI=1S/C12H11N5O/c1-8-2-3-12(18-8)11(6-15)17-7-16-9(4-13)10(17)5-14/h2-3,7,11H,6,15H2,1H3. The van der Waals surface area contributed by atoms with Crippen LogP contribution in [0.5, 0.6) is 0 Å². The molecule has 1 unspecified atom stereocenters. The Hall–Kier alpha value is -2.57. The third-order valence-electron chi connectivity index (χ3n) is 2.65. The zero-order valence-electron chi connectivity index (χ0n) is 9.79. The van der Waals surface area contributed by atoms with Gasteiger partial charge in [0.15, 0.2) is 11.4 Å². The third-order valence-corrected chi connectivity index (χ3v) is 2.65. The van der Waals surface area contributed by atoms with Crippen molar-refractivity contribution < 1.29 is 4.42 Å². The summed E-state index contributed by atoms with van der Waals surface area (Å²) >= 11 is 0. The van der Waals surface area contributed by atoms with Gasteiger partial charge in [-0.2, -0.15) is 10.5 Å². The highest BCUT2D eigenvalue weighted by Gasteiger charge is 2.21. The molecule has 6 heteroatoms. The predicted octanol–water partition coefficient (Wildman–Crippen LogP) is 1.08. The van der Waals surface area contributed by atoms with Crippen molar-refractivity contribution >= 4 is 0 Å². The average molecular weight is 241 g/mol. The predicted molar refractivity (Wildman–Crippen MR) is 62.3 cm³/mol. The fourth-order valence-corrected chi connectivity index (χ4v) is 1.79. The van der Waals surface area contributed by atoms with Gasteiger partial charge in [-0.3, -0.25) is 0 Å². The van der Waals surface area contributed by atoms with Crippen molar-refractivity contribution in [2.24, 2.45) is 5.73 Å². The maximum atomic E-state index is 9.08. The van der Waals surface area contributed by atoms with Gasteiger partial charge < -0.3 is 14.7 Å². The second-order valence-corrected chi connectivity index (χ2v) is 3.77. The Kier molecular flexibility index (Phi) is 3.13. The number of imidazole rings is 1. The van der Waals surface area contributed by atoms with Gasteiger partial charge in [-0.1, -0.05) is 0 Å². The highest BCUT2D eigenvalue weighted by molar-refractivity contribution is 5.37. The van der Waals surface area contributed by atoms with Gasteiger partial charge in [-0.05, 0) is 19.1 Å². The molecule has 0 spiro atoms. The largest absolute Gasteiger partial charge is 0.464 e. The molecule has 0 fully saturated rings. The molecule has 0 bridgehead atoms. The van der Waals surface area contributed by atoms with Crippen molar-refractivity contribution in [2.45, 2.75) is 13.0 Å². The molecule has 0 aromatic carbocycles. The SMILES string of the molecule is Cc1ccc(C(CN)n2cnc(C#N)c2C#N)o1. The van der Waals surface area contributed by atoms with E-state index in [0.29, 0.717) is 5.76 Å². The van der Waals surface area contributed by atoms with E-state index in [1.165, 1.54) is 6.33 Å². The van der Waals surface area contributed by atoms with Crippen LogP contribution in [0.4, 0.5) is 0 Å². The Morgan fingerprint density at radius 3 is 2.72 bits per heavy atom. The number of nitriles is 2. The van der Waals surface area contributed by atoms with Crippen LogP contribution in [-0.4, -0.2) is 16.1 Å². The molecule has 0 radical (unpaired) electrons. The van der Waals surface area contributed by atoms with Gasteiger partial charge in [0.2, 0.25) is 0 Å². The van der Waals surface area contributed by atoms with E-state index in [2.05, 4.69) is 4.98 Å². The van der Waals surface area contributed by atoms with Gasteiger partial charge in [-0.25, -0.2) is 4.98 Å². The molecular formula is C12H11N5O. The van der Waals surface area contributed by atoms with Crippen molar-refractivity contribution in [1.29, 1.82) is 10.5 Å².